The number of aromatic carboxylic acids is 1. The smallest absolute Gasteiger partial charge is 0.349 e. The van der Waals surface area contributed by atoms with Crippen LogP contribution < -0.4 is 9.47 Å². The number of carboxylic acid groups (broad SMARTS) is 1. The van der Waals surface area contributed by atoms with Crippen LogP contribution in [0.3, 0.4) is 0 Å². The second-order valence-corrected chi connectivity index (χ2v) is 4.32. The van der Waals surface area contributed by atoms with E-state index in [9.17, 15) is 19.7 Å². The topological polar surface area (TPSA) is 116 Å². The molecule has 0 radical (unpaired) electrons. The normalized spacial score (nSPS) is 9.91. The first-order chi connectivity index (χ1) is 11.0. The standard InChI is InChI=1S/C15H11NO7/c17-14(23-13-4-2-1-3-12(13)15(18)19)9-22-11-7-5-10(6-8-11)16(20)21/h1-8H,9H2,(H,18,19). The van der Waals surface area contributed by atoms with Crippen molar-refractivity contribution in [3.05, 3.63) is 64.2 Å². The molecular weight excluding hydrogens is 306 g/mol. The maximum atomic E-state index is 11.7. The van der Waals surface area contributed by atoms with Crippen LogP contribution in [0.25, 0.3) is 0 Å². The van der Waals surface area contributed by atoms with Crippen LogP contribution in [-0.2, 0) is 4.79 Å². The monoisotopic (exact) mass is 317 g/mol. The molecule has 0 aliphatic heterocycles. The third kappa shape index (κ3) is 4.27. The lowest BCUT2D eigenvalue weighted by Crippen LogP contribution is -2.19. The molecule has 0 aromatic heterocycles. The Morgan fingerprint density at radius 3 is 2.35 bits per heavy atom. The van der Waals surface area contributed by atoms with E-state index in [1.165, 1.54) is 48.5 Å². The minimum Gasteiger partial charge on any atom is -0.482 e. The number of para-hydroxylation sites is 1. The highest BCUT2D eigenvalue weighted by Gasteiger charge is 2.14. The summed E-state index contributed by atoms with van der Waals surface area (Å²) in [6.45, 7) is -0.467. The van der Waals surface area contributed by atoms with E-state index in [4.69, 9.17) is 14.6 Å². The first kappa shape index (κ1) is 16.0. The van der Waals surface area contributed by atoms with E-state index in [-0.39, 0.29) is 22.7 Å². The van der Waals surface area contributed by atoms with Gasteiger partial charge in [-0.3, -0.25) is 10.1 Å². The van der Waals surface area contributed by atoms with Gasteiger partial charge in [-0.25, -0.2) is 9.59 Å². The highest BCUT2D eigenvalue weighted by molar-refractivity contribution is 5.92. The molecule has 0 aliphatic carbocycles. The van der Waals surface area contributed by atoms with Crippen molar-refractivity contribution in [1.82, 2.24) is 0 Å². The molecule has 8 nitrogen and oxygen atoms in total. The van der Waals surface area contributed by atoms with E-state index >= 15 is 0 Å². The van der Waals surface area contributed by atoms with Crippen molar-refractivity contribution in [2.45, 2.75) is 0 Å². The van der Waals surface area contributed by atoms with Crippen molar-refractivity contribution >= 4 is 17.6 Å². The molecule has 2 aromatic rings. The van der Waals surface area contributed by atoms with Gasteiger partial charge in [0.05, 0.1) is 4.92 Å². The minimum atomic E-state index is -1.22. The van der Waals surface area contributed by atoms with Crippen LogP contribution in [0.5, 0.6) is 11.5 Å². The molecule has 2 rings (SSSR count). The predicted molar refractivity (Wildman–Crippen MR) is 77.6 cm³/mol. The SMILES string of the molecule is O=C(COc1ccc([N+](=O)[O-])cc1)Oc1ccccc1C(=O)O. The van der Waals surface area contributed by atoms with Gasteiger partial charge >= 0.3 is 11.9 Å². The Morgan fingerprint density at radius 1 is 1.09 bits per heavy atom. The summed E-state index contributed by atoms with van der Waals surface area (Å²) in [5.74, 6) is -1.85. The Bertz CT molecular complexity index is 740. The first-order valence-corrected chi connectivity index (χ1v) is 6.37. The number of hydrogen-bond acceptors (Lipinski definition) is 6. The molecule has 2 aromatic carbocycles. The molecule has 0 saturated heterocycles. The molecule has 0 aliphatic rings. The van der Waals surface area contributed by atoms with Gasteiger partial charge in [0.2, 0.25) is 0 Å². The number of benzene rings is 2. The molecular formula is C15H11NO7. The summed E-state index contributed by atoms with van der Waals surface area (Å²) in [6.07, 6.45) is 0. The van der Waals surface area contributed by atoms with Crippen LogP contribution in [0.1, 0.15) is 10.4 Å². The van der Waals surface area contributed by atoms with Crippen LogP contribution in [0, 0.1) is 10.1 Å². The zero-order chi connectivity index (χ0) is 16.8. The Kier molecular flexibility index (Phi) is 4.88. The van der Waals surface area contributed by atoms with Gasteiger partial charge in [-0.2, -0.15) is 0 Å². The number of nitro groups is 1. The molecule has 8 heteroatoms. The van der Waals surface area contributed by atoms with Gasteiger partial charge < -0.3 is 14.6 Å². The Hall–Kier alpha value is -3.42. The van der Waals surface area contributed by atoms with Gasteiger partial charge in [-0.05, 0) is 24.3 Å². The van der Waals surface area contributed by atoms with E-state index in [1.807, 2.05) is 0 Å². The molecule has 0 heterocycles. The maximum absolute atomic E-state index is 11.7. The fraction of sp³-hybridized carbons (Fsp3) is 0.0667. The van der Waals surface area contributed by atoms with E-state index < -0.39 is 23.5 Å². The molecule has 0 saturated carbocycles. The van der Waals surface area contributed by atoms with Gasteiger partial charge in [-0.15, -0.1) is 0 Å². The van der Waals surface area contributed by atoms with Crippen LogP contribution in [0.2, 0.25) is 0 Å². The summed E-state index contributed by atoms with van der Waals surface area (Å²) < 4.78 is 10.1. The number of hydrogen-bond donors (Lipinski definition) is 1. The lowest BCUT2D eigenvalue weighted by atomic mass is 10.2. The summed E-state index contributed by atoms with van der Waals surface area (Å²) >= 11 is 0. The van der Waals surface area contributed by atoms with Crippen LogP contribution in [0.15, 0.2) is 48.5 Å². The van der Waals surface area contributed by atoms with E-state index in [0.717, 1.165) is 0 Å². The number of carboxylic acids is 1. The van der Waals surface area contributed by atoms with Gasteiger partial charge in [0, 0.05) is 12.1 Å². The molecule has 23 heavy (non-hydrogen) atoms. The largest absolute Gasteiger partial charge is 0.482 e. The molecule has 118 valence electrons. The summed E-state index contributed by atoms with van der Waals surface area (Å²) in [4.78, 5) is 32.6. The molecule has 0 amide bonds. The fourth-order valence-electron chi connectivity index (χ4n) is 1.69. The second-order valence-electron chi connectivity index (χ2n) is 4.32. The van der Waals surface area contributed by atoms with Crippen LogP contribution in [0.4, 0.5) is 5.69 Å². The number of carbonyl (C=O) groups excluding carboxylic acids is 1. The lowest BCUT2D eigenvalue weighted by molar-refractivity contribution is -0.384. The van der Waals surface area contributed by atoms with Crippen LogP contribution >= 0.6 is 0 Å². The summed E-state index contributed by atoms with van der Waals surface area (Å²) in [5, 5.41) is 19.5. The number of esters is 1. The van der Waals surface area contributed by atoms with E-state index in [2.05, 4.69) is 0 Å². The number of ether oxygens (including phenoxy) is 2. The quantitative estimate of drug-likeness (QED) is 0.376. The van der Waals surface area contributed by atoms with Crippen molar-refractivity contribution in [1.29, 1.82) is 0 Å². The Morgan fingerprint density at radius 2 is 1.74 bits per heavy atom. The fourth-order valence-corrected chi connectivity index (χ4v) is 1.69. The van der Waals surface area contributed by atoms with Crippen LogP contribution in [-0.4, -0.2) is 28.6 Å². The number of rotatable bonds is 6. The molecule has 0 atom stereocenters. The van der Waals surface area contributed by atoms with E-state index in [0.29, 0.717) is 0 Å². The number of nitro benzene ring substituents is 1. The van der Waals surface area contributed by atoms with Gasteiger partial charge in [0.25, 0.3) is 5.69 Å². The zero-order valence-corrected chi connectivity index (χ0v) is 11.7. The van der Waals surface area contributed by atoms with Crippen molar-refractivity contribution in [2.75, 3.05) is 6.61 Å². The second kappa shape index (κ2) is 7.03. The van der Waals surface area contributed by atoms with Crippen molar-refractivity contribution < 1.29 is 29.1 Å². The van der Waals surface area contributed by atoms with Crippen molar-refractivity contribution in [3.63, 3.8) is 0 Å². The first-order valence-electron chi connectivity index (χ1n) is 6.37. The number of carbonyl (C=O) groups is 2. The molecule has 0 unspecified atom stereocenters. The number of non-ortho nitro benzene ring substituents is 1. The zero-order valence-electron chi connectivity index (χ0n) is 11.7. The summed E-state index contributed by atoms with van der Waals surface area (Å²) in [6, 6.07) is 10.9. The highest BCUT2D eigenvalue weighted by Crippen LogP contribution is 2.19. The van der Waals surface area contributed by atoms with E-state index in [1.54, 1.807) is 0 Å². The number of nitrogens with zero attached hydrogens (tertiary/aromatic N) is 1. The highest BCUT2D eigenvalue weighted by atomic mass is 16.6. The molecule has 0 bridgehead atoms. The Balaban J connectivity index is 1.95. The molecule has 1 N–H and O–H groups in total. The minimum absolute atomic E-state index is 0.0858. The summed E-state index contributed by atoms with van der Waals surface area (Å²) in [7, 11) is 0. The van der Waals surface area contributed by atoms with Gasteiger partial charge in [0.15, 0.2) is 6.61 Å². The Labute approximate surface area is 130 Å². The van der Waals surface area contributed by atoms with Gasteiger partial charge in [-0.1, -0.05) is 12.1 Å². The maximum Gasteiger partial charge on any atom is 0.349 e. The molecule has 0 spiro atoms. The average molecular weight is 317 g/mol. The van der Waals surface area contributed by atoms with Crippen molar-refractivity contribution in [2.24, 2.45) is 0 Å². The molecule has 0 fully saturated rings. The van der Waals surface area contributed by atoms with Gasteiger partial charge in [0.1, 0.15) is 17.1 Å². The summed E-state index contributed by atoms with van der Waals surface area (Å²) in [5.41, 5.74) is -0.244. The third-order valence-electron chi connectivity index (χ3n) is 2.75. The van der Waals surface area contributed by atoms with Crippen molar-refractivity contribution in [3.8, 4) is 11.5 Å². The third-order valence-corrected chi connectivity index (χ3v) is 2.75. The average Bonchev–Trinajstić information content (AvgIpc) is 2.53. The lowest BCUT2D eigenvalue weighted by Gasteiger charge is -2.08. The predicted octanol–water partition coefficient (Wildman–Crippen LogP) is 2.28.